The summed E-state index contributed by atoms with van der Waals surface area (Å²) in [5.74, 6) is 1.61. The van der Waals surface area contributed by atoms with E-state index in [0.29, 0.717) is 0 Å². The molecule has 0 aliphatic heterocycles. The van der Waals surface area contributed by atoms with Gasteiger partial charge in [-0.05, 0) is 187 Å². The lowest BCUT2D eigenvalue weighted by atomic mass is 9.41. The van der Waals surface area contributed by atoms with Crippen molar-refractivity contribution < 1.29 is 0 Å². The summed E-state index contributed by atoms with van der Waals surface area (Å²) in [6.45, 7) is 6.19. The summed E-state index contributed by atoms with van der Waals surface area (Å²) in [6, 6.07) is 79.8. The minimum Gasteiger partial charge on any atom is -0.310 e. The Labute approximate surface area is 410 Å². The predicted octanol–water partition coefficient (Wildman–Crippen LogP) is 17.8. The van der Waals surface area contributed by atoms with E-state index in [0.717, 1.165) is 40.3 Å². The Morgan fingerprint density at radius 2 is 0.900 bits per heavy atom. The molecule has 2 heterocycles. The fourth-order valence-corrected chi connectivity index (χ4v) is 14.2. The molecule has 0 saturated heterocycles. The summed E-state index contributed by atoms with van der Waals surface area (Å²) in [5, 5.41) is 4.95. The average molecular weight is 902 g/mol. The number of fused-ring (bicyclic) bond motifs is 6. The third-order valence-corrected chi connectivity index (χ3v) is 16.9. The molecule has 0 amide bonds. The Kier molecular flexibility index (Phi) is 9.30. The number of benzene rings is 9. The fraction of sp³-hybridized carbons (Fsp3) is 0.164. The number of hydrogen-bond donors (Lipinski definition) is 0. The van der Waals surface area contributed by atoms with E-state index in [4.69, 9.17) is 0 Å². The van der Waals surface area contributed by atoms with Crippen LogP contribution in [0.25, 0.3) is 72.2 Å². The van der Waals surface area contributed by atoms with Crippen LogP contribution in [0.2, 0.25) is 0 Å². The molecule has 4 bridgehead atoms. The van der Waals surface area contributed by atoms with Gasteiger partial charge in [-0.2, -0.15) is 0 Å². The van der Waals surface area contributed by atoms with E-state index < -0.39 is 0 Å². The first-order valence-electron chi connectivity index (χ1n) is 25.4. The summed E-state index contributed by atoms with van der Waals surface area (Å²) in [6.07, 6.45) is 9.97. The molecule has 15 rings (SSSR count). The van der Waals surface area contributed by atoms with Gasteiger partial charge in [-0.1, -0.05) is 140 Å². The first kappa shape index (κ1) is 41.1. The lowest BCUT2D eigenvalue weighted by molar-refractivity contribution is -0.0281. The maximum absolute atomic E-state index is 4.03. The van der Waals surface area contributed by atoms with Crippen LogP contribution in [0.15, 0.2) is 219 Å². The van der Waals surface area contributed by atoms with Gasteiger partial charge < -0.3 is 14.0 Å². The van der Waals surface area contributed by atoms with Crippen LogP contribution < -0.4 is 4.90 Å². The van der Waals surface area contributed by atoms with E-state index in [2.05, 4.69) is 240 Å². The van der Waals surface area contributed by atoms with Crippen molar-refractivity contribution in [3.8, 4) is 22.5 Å². The van der Waals surface area contributed by atoms with E-state index in [-0.39, 0.29) is 10.8 Å². The van der Waals surface area contributed by atoms with Gasteiger partial charge in [0.2, 0.25) is 0 Å². The van der Waals surface area contributed by atoms with Crippen LogP contribution in [0, 0.1) is 18.8 Å². The van der Waals surface area contributed by atoms with Gasteiger partial charge in [-0.3, -0.25) is 0 Å². The second-order valence-electron chi connectivity index (χ2n) is 21.1. The second kappa shape index (κ2) is 15.8. The van der Waals surface area contributed by atoms with Crippen LogP contribution in [0.4, 0.5) is 17.1 Å². The molecule has 2 aromatic heterocycles. The molecule has 11 aromatic rings. The van der Waals surface area contributed by atoms with Crippen molar-refractivity contribution in [1.29, 1.82) is 0 Å². The highest BCUT2D eigenvalue weighted by Gasteiger charge is 2.58. The van der Waals surface area contributed by atoms with Crippen LogP contribution in [0.1, 0.15) is 60.8 Å². The zero-order valence-electron chi connectivity index (χ0n) is 39.7. The maximum Gasteiger partial charge on any atom is 0.0542 e. The summed E-state index contributed by atoms with van der Waals surface area (Å²) in [7, 11) is 0. The Morgan fingerprint density at radius 1 is 0.443 bits per heavy atom. The first-order valence-corrected chi connectivity index (χ1v) is 25.4. The summed E-state index contributed by atoms with van der Waals surface area (Å²) in [5.41, 5.74) is 19.1. The summed E-state index contributed by atoms with van der Waals surface area (Å²) >= 11 is 0. The number of hydrogen-bond acceptors (Lipinski definition) is 1. The number of nitrogens with zero attached hydrogens (tertiary/aromatic N) is 3. The van der Waals surface area contributed by atoms with Crippen LogP contribution in [-0.4, -0.2) is 9.13 Å². The number of rotatable bonds is 9. The van der Waals surface area contributed by atoms with Crippen molar-refractivity contribution >= 4 is 66.7 Å². The van der Waals surface area contributed by atoms with Gasteiger partial charge in [0.15, 0.2) is 0 Å². The zero-order chi connectivity index (χ0) is 46.6. The normalized spacial score (nSPS) is 20.5. The Balaban J connectivity index is 0.888. The van der Waals surface area contributed by atoms with Crippen molar-refractivity contribution in [2.45, 2.75) is 56.3 Å². The molecule has 70 heavy (non-hydrogen) atoms. The minimum absolute atomic E-state index is 0.246. The lowest BCUT2D eigenvalue weighted by Gasteiger charge is -2.63. The smallest absolute Gasteiger partial charge is 0.0542 e. The van der Waals surface area contributed by atoms with Crippen LogP contribution in [0.5, 0.6) is 0 Å². The highest BCUT2D eigenvalue weighted by atomic mass is 15.1. The number of aromatic nitrogens is 2. The van der Waals surface area contributed by atoms with Gasteiger partial charge in [0.1, 0.15) is 0 Å². The van der Waals surface area contributed by atoms with E-state index in [1.165, 1.54) is 104 Å². The molecule has 3 nitrogen and oxygen atoms in total. The third kappa shape index (κ3) is 6.48. The maximum atomic E-state index is 4.03. The van der Waals surface area contributed by atoms with Crippen LogP contribution >= 0.6 is 0 Å². The Bertz CT molecular complexity index is 3790. The van der Waals surface area contributed by atoms with E-state index in [1.807, 2.05) is 6.08 Å². The number of para-hydroxylation sites is 3. The molecular formula is C67H55N3. The predicted molar refractivity (Wildman–Crippen MR) is 295 cm³/mol. The molecule has 4 fully saturated rings. The van der Waals surface area contributed by atoms with Gasteiger partial charge in [0.05, 0.1) is 22.1 Å². The van der Waals surface area contributed by atoms with Gasteiger partial charge in [0.25, 0.3) is 0 Å². The van der Waals surface area contributed by atoms with Crippen LogP contribution in [-0.2, 0) is 10.8 Å². The zero-order valence-corrected chi connectivity index (χ0v) is 39.7. The van der Waals surface area contributed by atoms with E-state index >= 15 is 0 Å². The second-order valence-corrected chi connectivity index (χ2v) is 21.1. The molecule has 4 aliphatic rings. The largest absolute Gasteiger partial charge is 0.310 e. The molecule has 4 saturated carbocycles. The van der Waals surface area contributed by atoms with Gasteiger partial charge >= 0.3 is 0 Å². The van der Waals surface area contributed by atoms with Gasteiger partial charge in [0, 0.05) is 50.0 Å². The Hall–Kier alpha value is -7.88. The summed E-state index contributed by atoms with van der Waals surface area (Å²) in [4.78, 5) is 2.44. The first-order chi connectivity index (χ1) is 34.4. The minimum atomic E-state index is 0.246. The number of aryl methyl sites for hydroxylation is 1. The van der Waals surface area contributed by atoms with Crippen molar-refractivity contribution in [2.75, 3.05) is 4.90 Å². The SMILES string of the molecule is C=Cc1ccc(C23CC4CC(C2)CC(c2ccc(-c5ccc6c(c5)c5cc(N(c7ccc(C)cc7)c7ccc8c(c7)c7ccccc7n8-c7ccccc7)ccc5n6-c5ccccc5)cc2)(C4)C3)cc1. The molecule has 2 atom stereocenters. The lowest BCUT2D eigenvalue weighted by Crippen LogP contribution is -2.55. The molecule has 4 aliphatic carbocycles. The number of anilines is 3. The third-order valence-electron chi connectivity index (χ3n) is 16.9. The van der Waals surface area contributed by atoms with Crippen molar-refractivity contribution in [1.82, 2.24) is 9.13 Å². The van der Waals surface area contributed by atoms with Crippen molar-refractivity contribution in [3.05, 3.63) is 241 Å². The van der Waals surface area contributed by atoms with Crippen molar-refractivity contribution in [2.24, 2.45) is 11.8 Å². The fourth-order valence-electron chi connectivity index (χ4n) is 14.2. The average Bonchev–Trinajstić information content (AvgIpc) is 3.91. The van der Waals surface area contributed by atoms with Gasteiger partial charge in [-0.15, -0.1) is 0 Å². The molecule has 3 heteroatoms. The summed E-state index contributed by atoms with van der Waals surface area (Å²) < 4.78 is 4.83. The topological polar surface area (TPSA) is 13.1 Å². The molecule has 2 unspecified atom stereocenters. The molecule has 338 valence electrons. The van der Waals surface area contributed by atoms with Crippen molar-refractivity contribution in [3.63, 3.8) is 0 Å². The molecule has 0 radical (unpaired) electrons. The molecular weight excluding hydrogens is 847 g/mol. The van der Waals surface area contributed by atoms with E-state index in [9.17, 15) is 0 Å². The standard InChI is InChI=1S/C67H55N3/c1-3-46-20-25-51(26-21-46)66-40-47-36-48(41-66)43-67(42-47,44-66)52-27-22-49(23-28-52)50-24-33-63-59(37-50)61-39-57(32-35-65(61)70(63)54-14-8-5-9-15-54)68(55-29-18-45(2)19-30-55)56-31-34-64-60(38-56)58-16-10-11-17-62(58)69(64)53-12-6-4-7-13-53/h3-35,37-39,47-48H,1,36,40-44H2,2H3. The molecule has 9 aromatic carbocycles. The van der Waals surface area contributed by atoms with Crippen LogP contribution in [0.3, 0.4) is 0 Å². The van der Waals surface area contributed by atoms with Gasteiger partial charge in [-0.25, -0.2) is 0 Å². The highest BCUT2D eigenvalue weighted by molar-refractivity contribution is 6.13. The molecule has 0 N–H and O–H groups in total. The quantitative estimate of drug-likeness (QED) is 0.141. The van der Waals surface area contributed by atoms with E-state index in [1.54, 1.807) is 11.1 Å². The molecule has 0 spiro atoms. The monoisotopic (exact) mass is 901 g/mol. The Morgan fingerprint density at radius 3 is 1.47 bits per heavy atom. The highest BCUT2D eigenvalue weighted by Crippen LogP contribution is 2.66.